The van der Waals surface area contributed by atoms with Crippen LogP contribution in [0.2, 0.25) is 5.02 Å². The molecule has 0 spiro atoms. The van der Waals surface area contributed by atoms with Crippen molar-refractivity contribution >= 4 is 11.6 Å². The van der Waals surface area contributed by atoms with Crippen LogP contribution in [-0.2, 0) is 0 Å². The second-order valence-electron chi connectivity index (χ2n) is 4.34. The SMILES string of the molecule is CCC1CCC(c2ccc(Cl)cc2)C1. The van der Waals surface area contributed by atoms with Crippen molar-refractivity contribution in [3.8, 4) is 0 Å². The first-order valence-corrected chi connectivity index (χ1v) is 5.93. The lowest BCUT2D eigenvalue weighted by Crippen LogP contribution is -1.94. The van der Waals surface area contributed by atoms with Crippen LogP contribution in [-0.4, -0.2) is 0 Å². The molecule has 0 saturated heterocycles. The van der Waals surface area contributed by atoms with Gasteiger partial charge in [-0.05, 0) is 48.8 Å². The summed E-state index contributed by atoms with van der Waals surface area (Å²) < 4.78 is 0. The molecule has 0 N–H and O–H groups in total. The lowest BCUT2D eigenvalue weighted by molar-refractivity contribution is 0.521. The molecule has 14 heavy (non-hydrogen) atoms. The van der Waals surface area contributed by atoms with Crippen molar-refractivity contribution in [1.82, 2.24) is 0 Å². The average Bonchev–Trinajstić information content (AvgIpc) is 2.67. The number of rotatable bonds is 2. The Hall–Kier alpha value is -0.490. The lowest BCUT2D eigenvalue weighted by atomic mass is 9.96. The zero-order chi connectivity index (χ0) is 9.97. The molecule has 2 rings (SSSR count). The number of benzene rings is 1. The van der Waals surface area contributed by atoms with Gasteiger partial charge in [-0.15, -0.1) is 0 Å². The highest BCUT2D eigenvalue weighted by Gasteiger charge is 2.24. The molecule has 1 heteroatoms. The van der Waals surface area contributed by atoms with Crippen LogP contribution in [0.25, 0.3) is 0 Å². The summed E-state index contributed by atoms with van der Waals surface area (Å²) in [5.74, 6) is 1.74. The van der Waals surface area contributed by atoms with Gasteiger partial charge in [0.25, 0.3) is 0 Å². The van der Waals surface area contributed by atoms with Gasteiger partial charge in [-0.2, -0.15) is 0 Å². The molecule has 0 amide bonds. The molecule has 1 aromatic carbocycles. The first-order valence-electron chi connectivity index (χ1n) is 5.55. The molecular formula is C13H17Cl. The fraction of sp³-hybridized carbons (Fsp3) is 0.538. The highest BCUT2D eigenvalue weighted by Crippen LogP contribution is 2.39. The van der Waals surface area contributed by atoms with Gasteiger partial charge in [0.15, 0.2) is 0 Å². The van der Waals surface area contributed by atoms with Crippen LogP contribution in [0.4, 0.5) is 0 Å². The second-order valence-corrected chi connectivity index (χ2v) is 4.77. The average molecular weight is 209 g/mol. The zero-order valence-electron chi connectivity index (χ0n) is 8.67. The van der Waals surface area contributed by atoms with Gasteiger partial charge in [0.2, 0.25) is 0 Å². The molecule has 2 atom stereocenters. The Morgan fingerprint density at radius 3 is 2.50 bits per heavy atom. The van der Waals surface area contributed by atoms with Crippen molar-refractivity contribution in [2.45, 2.75) is 38.5 Å². The molecule has 0 radical (unpaired) electrons. The number of hydrogen-bond acceptors (Lipinski definition) is 0. The third kappa shape index (κ3) is 2.12. The third-order valence-corrected chi connectivity index (χ3v) is 3.71. The standard InChI is InChI=1S/C13H17Cl/c1-2-10-3-4-12(9-10)11-5-7-13(14)8-6-11/h5-8,10,12H,2-4,9H2,1H3. The van der Waals surface area contributed by atoms with Crippen LogP contribution in [0.3, 0.4) is 0 Å². The van der Waals surface area contributed by atoms with Gasteiger partial charge in [-0.25, -0.2) is 0 Å². The quantitative estimate of drug-likeness (QED) is 0.665. The molecule has 0 nitrogen and oxygen atoms in total. The van der Waals surface area contributed by atoms with E-state index in [2.05, 4.69) is 19.1 Å². The molecule has 0 aliphatic heterocycles. The van der Waals surface area contributed by atoms with Gasteiger partial charge in [0.1, 0.15) is 0 Å². The van der Waals surface area contributed by atoms with E-state index < -0.39 is 0 Å². The molecule has 1 aliphatic rings. The predicted octanol–water partition coefficient (Wildman–Crippen LogP) is 4.63. The van der Waals surface area contributed by atoms with Gasteiger partial charge in [-0.1, -0.05) is 37.1 Å². The maximum Gasteiger partial charge on any atom is 0.0406 e. The minimum absolute atomic E-state index is 0.789. The minimum atomic E-state index is 0.789. The highest BCUT2D eigenvalue weighted by molar-refractivity contribution is 6.30. The van der Waals surface area contributed by atoms with Crippen molar-refractivity contribution in [2.24, 2.45) is 5.92 Å². The molecule has 1 fully saturated rings. The van der Waals surface area contributed by atoms with E-state index in [0.29, 0.717) is 0 Å². The molecule has 1 aliphatic carbocycles. The van der Waals surface area contributed by atoms with E-state index in [1.165, 1.54) is 31.2 Å². The normalized spacial score (nSPS) is 26.7. The summed E-state index contributed by atoms with van der Waals surface area (Å²) in [6, 6.07) is 8.39. The molecule has 1 saturated carbocycles. The minimum Gasteiger partial charge on any atom is -0.0843 e. The Morgan fingerprint density at radius 1 is 1.21 bits per heavy atom. The maximum atomic E-state index is 5.87. The van der Waals surface area contributed by atoms with Crippen molar-refractivity contribution in [2.75, 3.05) is 0 Å². The summed E-state index contributed by atoms with van der Waals surface area (Å²) >= 11 is 5.87. The van der Waals surface area contributed by atoms with Gasteiger partial charge in [0.05, 0.1) is 0 Å². The summed E-state index contributed by atoms with van der Waals surface area (Å²) in [5, 5.41) is 0.846. The number of hydrogen-bond donors (Lipinski definition) is 0. The van der Waals surface area contributed by atoms with Crippen LogP contribution in [0.5, 0.6) is 0 Å². The predicted molar refractivity (Wildman–Crippen MR) is 61.8 cm³/mol. The van der Waals surface area contributed by atoms with Crippen LogP contribution in [0.15, 0.2) is 24.3 Å². The fourth-order valence-electron chi connectivity index (χ4n) is 2.48. The molecule has 0 heterocycles. The van der Waals surface area contributed by atoms with E-state index in [0.717, 1.165) is 16.9 Å². The van der Waals surface area contributed by atoms with Crippen molar-refractivity contribution in [3.05, 3.63) is 34.9 Å². The first kappa shape index (κ1) is 10.0. The van der Waals surface area contributed by atoms with Crippen LogP contribution >= 0.6 is 11.6 Å². The summed E-state index contributed by atoms with van der Waals surface area (Å²) in [5.41, 5.74) is 1.48. The van der Waals surface area contributed by atoms with Gasteiger partial charge < -0.3 is 0 Å². The van der Waals surface area contributed by atoms with E-state index in [-0.39, 0.29) is 0 Å². The third-order valence-electron chi connectivity index (χ3n) is 3.46. The number of halogens is 1. The Labute approximate surface area is 91.3 Å². The van der Waals surface area contributed by atoms with Crippen molar-refractivity contribution < 1.29 is 0 Å². The Morgan fingerprint density at radius 2 is 1.93 bits per heavy atom. The summed E-state index contributed by atoms with van der Waals surface area (Å²) in [7, 11) is 0. The Balaban J connectivity index is 2.06. The largest absolute Gasteiger partial charge is 0.0843 e. The summed E-state index contributed by atoms with van der Waals surface area (Å²) in [6.45, 7) is 2.30. The lowest BCUT2D eigenvalue weighted by Gasteiger charge is -2.10. The van der Waals surface area contributed by atoms with E-state index in [9.17, 15) is 0 Å². The van der Waals surface area contributed by atoms with Crippen molar-refractivity contribution in [1.29, 1.82) is 0 Å². The van der Waals surface area contributed by atoms with E-state index in [4.69, 9.17) is 11.6 Å². The maximum absolute atomic E-state index is 5.87. The summed E-state index contributed by atoms with van der Waals surface area (Å²) in [6.07, 6.45) is 5.48. The molecular weight excluding hydrogens is 192 g/mol. The smallest absolute Gasteiger partial charge is 0.0406 e. The van der Waals surface area contributed by atoms with Gasteiger partial charge >= 0.3 is 0 Å². The summed E-state index contributed by atoms with van der Waals surface area (Å²) in [4.78, 5) is 0. The Bertz CT molecular complexity index is 289. The van der Waals surface area contributed by atoms with Crippen molar-refractivity contribution in [3.63, 3.8) is 0 Å². The van der Waals surface area contributed by atoms with E-state index in [1.54, 1.807) is 0 Å². The van der Waals surface area contributed by atoms with Crippen LogP contribution in [0.1, 0.15) is 44.1 Å². The van der Waals surface area contributed by atoms with Gasteiger partial charge in [0, 0.05) is 5.02 Å². The Kier molecular flexibility index (Phi) is 3.12. The highest BCUT2D eigenvalue weighted by atomic mass is 35.5. The monoisotopic (exact) mass is 208 g/mol. The zero-order valence-corrected chi connectivity index (χ0v) is 9.43. The molecule has 2 unspecified atom stereocenters. The molecule has 0 bridgehead atoms. The van der Waals surface area contributed by atoms with Crippen LogP contribution in [0, 0.1) is 5.92 Å². The van der Waals surface area contributed by atoms with E-state index in [1.807, 2.05) is 12.1 Å². The topological polar surface area (TPSA) is 0 Å². The fourth-order valence-corrected chi connectivity index (χ4v) is 2.61. The second kappa shape index (κ2) is 4.35. The van der Waals surface area contributed by atoms with Crippen LogP contribution < -0.4 is 0 Å². The first-order chi connectivity index (χ1) is 6.79. The molecule has 0 aromatic heterocycles. The van der Waals surface area contributed by atoms with Gasteiger partial charge in [-0.3, -0.25) is 0 Å². The molecule has 76 valence electrons. The van der Waals surface area contributed by atoms with E-state index >= 15 is 0 Å². The molecule has 1 aromatic rings.